The molecule has 0 radical (unpaired) electrons. The molecule has 0 aliphatic carbocycles. The summed E-state index contributed by atoms with van der Waals surface area (Å²) in [4.78, 5) is 5.26. The molecule has 2 aromatic heterocycles. The number of imidazole rings is 1. The van der Waals surface area contributed by atoms with Gasteiger partial charge in [-0.25, -0.2) is 4.98 Å². The Balaban J connectivity index is 1.57. The fraction of sp³-hybridized carbons (Fsp3) is 0.359. The molecule has 0 N–H and O–H groups in total. The molecule has 0 amide bonds. The molecule has 216 valence electrons. The van der Waals surface area contributed by atoms with Gasteiger partial charge in [0.15, 0.2) is 0 Å². The number of fused-ring (bicyclic) bond motifs is 4. The predicted octanol–water partition coefficient (Wildman–Crippen LogP) is 10.7. The van der Waals surface area contributed by atoms with Gasteiger partial charge in [-0.05, 0) is 95.3 Å². The molecule has 0 saturated heterocycles. The minimum Gasteiger partial charge on any atom is -0.341 e. The lowest BCUT2D eigenvalue weighted by Crippen LogP contribution is -2.10. The van der Waals surface area contributed by atoms with Crippen LogP contribution in [0, 0.1) is 5.41 Å². The quantitative estimate of drug-likeness (QED) is 0.192. The van der Waals surface area contributed by atoms with Crippen molar-refractivity contribution >= 4 is 32.8 Å². The zero-order valence-corrected chi connectivity index (χ0v) is 26.6. The number of aromatic nitrogens is 3. The molecule has 0 spiro atoms. The van der Waals surface area contributed by atoms with E-state index in [0.717, 1.165) is 30.9 Å². The third-order valence-electron chi connectivity index (χ3n) is 8.70. The van der Waals surface area contributed by atoms with Crippen LogP contribution in [0.5, 0.6) is 0 Å². The highest BCUT2D eigenvalue weighted by Gasteiger charge is 2.20. The van der Waals surface area contributed by atoms with Crippen molar-refractivity contribution in [2.24, 2.45) is 5.41 Å². The summed E-state index contributed by atoms with van der Waals surface area (Å²) in [5.74, 6) is 1.95. The Morgan fingerprint density at radius 1 is 0.690 bits per heavy atom. The summed E-state index contributed by atoms with van der Waals surface area (Å²) in [6.07, 6.45) is 1.06. The second-order valence-electron chi connectivity index (χ2n) is 13.8. The van der Waals surface area contributed by atoms with Gasteiger partial charge in [0.25, 0.3) is 0 Å². The van der Waals surface area contributed by atoms with Crippen molar-refractivity contribution in [1.82, 2.24) is 14.1 Å². The normalized spacial score (nSPS) is 12.5. The van der Waals surface area contributed by atoms with Gasteiger partial charge in [0, 0.05) is 33.9 Å². The smallest absolute Gasteiger partial charge is 0.141 e. The summed E-state index contributed by atoms with van der Waals surface area (Å²) >= 11 is 0. The highest BCUT2D eigenvalue weighted by Crippen LogP contribution is 2.36. The SMILES string of the molecule is CCn1c2ccc(CC(C)(C)C)cc2c2cc(-c3nc4ccccc4n3Cc3c(C(C)C)cccc3C(C)C)ccc21. The minimum atomic E-state index is 0.244. The average Bonchev–Trinajstić information content (AvgIpc) is 3.46. The van der Waals surface area contributed by atoms with Gasteiger partial charge in [0.2, 0.25) is 0 Å². The van der Waals surface area contributed by atoms with Crippen molar-refractivity contribution in [2.45, 2.75) is 86.7 Å². The third kappa shape index (κ3) is 5.04. The second kappa shape index (κ2) is 10.8. The number of benzene rings is 4. The van der Waals surface area contributed by atoms with Crippen LogP contribution in [0.2, 0.25) is 0 Å². The molecular formula is C39H45N3. The van der Waals surface area contributed by atoms with Gasteiger partial charge in [0.1, 0.15) is 5.82 Å². The summed E-state index contributed by atoms with van der Waals surface area (Å²) in [5.41, 5.74) is 11.9. The number of hydrogen-bond acceptors (Lipinski definition) is 1. The summed E-state index contributed by atoms with van der Waals surface area (Å²) < 4.78 is 4.90. The van der Waals surface area contributed by atoms with Crippen molar-refractivity contribution in [2.75, 3.05) is 0 Å². The first kappa shape index (κ1) is 28.3. The van der Waals surface area contributed by atoms with E-state index in [1.54, 1.807) is 0 Å². The fourth-order valence-electron chi connectivity index (χ4n) is 6.86. The molecule has 0 fully saturated rings. The third-order valence-corrected chi connectivity index (χ3v) is 8.70. The number of para-hydroxylation sites is 2. The second-order valence-corrected chi connectivity index (χ2v) is 13.8. The molecule has 4 aromatic carbocycles. The van der Waals surface area contributed by atoms with E-state index in [4.69, 9.17) is 4.98 Å². The molecular weight excluding hydrogens is 510 g/mol. The summed E-state index contributed by atoms with van der Waals surface area (Å²) in [7, 11) is 0. The monoisotopic (exact) mass is 555 g/mol. The molecule has 6 rings (SSSR count). The van der Waals surface area contributed by atoms with Gasteiger partial charge in [-0.15, -0.1) is 0 Å². The van der Waals surface area contributed by atoms with Crippen molar-refractivity contribution in [3.63, 3.8) is 0 Å². The topological polar surface area (TPSA) is 22.8 Å². The van der Waals surface area contributed by atoms with E-state index < -0.39 is 0 Å². The summed E-state index contributed by atoms with van der Waals surface area (Å²) in [6.45, 7) is 20.2. The van der Waals surface area contributed by atoms with Gasteiger partial charge in [-0.1, -0.05) is 84.9 Å². The van der Waals surface area contributed by atoms with E-state index in [1.165, 1.54) is 55.1 Å². The first-order valence-electron chi connectivity index (χ1n) is 15.7. The standard InChI is InChI=1S/C39H45N3/c1-9-41-35-19-17-27(23-39(6,7)8)21-31(35)32-22-28(18-20-36(32)41)38-40-34-15-10-11-16-37(34)42(38)24-33-29(25(2)3)13-12-14-30(33)26(4)5/h10-22,25-26H,9,23-24H2,1-8H3. The highest BCUT2D eigenvalue weighted by atomic mass is 15.1. The predicted molar refractivity (Wildman–Crippen MR) is 181 cm³/mol. The van der Waals surface area contributed by atoms with Crippen molar-refractivity contribution in [1.29, 1.82) is 0 Å². The maximum absolute atomic E-state index is 5.26. The Morgan fingerprint density at radius 3 is 1.98 bits per heavy atom. The largest absolute Gasteiger partial charge is 0.341 e. The number of nitrogens with zero attached hydrogens (tertiary/aromatic N) is 3. The number of aryl methyl sites for hydroxylation is 1. The van der Waals surface area contributed by atoms with Crippen molar-refractivity contribution in [3.8, 4) is 11.4 Å². The number of rotatable bonds is 7. The Labute approximate surface area is 251 Å². The van der Waals surface area contributed by atoms with Crippen LogP contribution in [0.25, 0.3) is 44.2 Å². The molecule has 0 unspecified atom stereocenters. The van der Waals surface area contributed by atoms with E-state index in [-0.39, 0.29) is 5.41 Å². The maximum Gasteiger partial charge on any atom is 0.141 e. The molecule has 6 aromatic rings. The van der Waals surface area contributed by atoms with Crippen LogP contribution in [0.1, 0.15) is 89.5 Å². The lowest BCUT2D eigenvalue weighted by molar-refractivity contribution is 0.411. The van der Waals surface area contributed by atoms with Crippen LogP contribution in [-0.2, 0) is 19.5 Å². The van der Waals surface area contributed by atoms with Crippen LogP contribution < -0.4 is 0 Å². The first-order valence-corrected chi connectivity index (χ1v) is 15.7. The Kier molecular flexibility index (Phi) is 7.25. The fourth-order valence-corrected chi connectivity index (χ4v) is 6.86. The molecule has 0 aliphatic rings. The minimum absolute atomic E-state index is 0.244. The van der Waals surface area contributed by atoms with E-state index >= 15 is 0 Å². The van der Waals surface area contributed by atoms with E-state index in [0.29, 0.717) is 11.8 Å². The summed E-state index contributed by atoms with van der Waals surface area (Å²) in [6, 6.07) is 29.5. The zero-order chi connectivity index (χ0) is 29.8. The van der Waals surface area contributed by atoms with Crippen LogP contribution in [0.3, 0.4) is 0 Å². The first-order chi connectivity index (χ1) is 20.1. The zero-order valence-electron chi connectivity index (χ0n) is 26.6. The maximum atomic E-state index is 5.26. The van der Waals surface area contributed by atoms with Crippen LogP contribution in [0.15, 0.2) is 78.9 Å². The van der Waals surface area contributed by atoms with Gasteiger partial charge in [-0.3, -0.25) is 0 Å². The molecule has 0 bridgehead atoms. The van der Waals surface area contributed by atoms with Crippen LogP contribution >= 0.6 is 0 Å². The Bertz CT molecular complexity index is 1880. The van der Waals surface area contributed by atoms with Crippen molar-refractivity contribution in [3.05, 3.63) is 101 Å². The lowest BCUT2D eigenvalue weighted by atomic mass is 9.88. The summed E-state index contributed by atoms with van der Waals surface area (Å²) in [5, 5.41) is 2.65. The molecule has 0 atom stereocenters. The van der Waals surface area contributed by atoms with Crippen LogP contribution in [0.4, 0.5) is 0 Å². The molecule has 2 heterocycles. The van der Waals surface area contributed by atoms with Crippen molar-refractivity contribution < 1.29 is 0 Å². The molecule has 0 saturated carbocycles. The number of hydrogen-bond donors (Lipinski definition) is 0. The van der Waals surface area contributed by atoms with Gasteiger partial charge < -0.3 is 9.13 Å². The average molecular weight is 556 g/mol. The Morgan fingerprint density at radius 2 is 1.33 bits per heavy atom. The molecule has 42 heavy (non-hydrogen) atoms. The Hall–Kier alpha value is -3.85. The highest BCUT2D eigenvalue weighted by molar-refractivity contribution is 6.09. The van der Waals surface area contributed by atoms with Crippen LogP contribution in [-0.4, -0.2) is 14.1 Å². The van der Waals surface area contributed by atoms with Gasteiger partial charge in [0.05, 0.1) is 17.6 Å². The van der Waals surface area contributed by atoms with E-state index in [9.17, 15) is 0 Å². The molecule has 0 aliphatic heterocycles. The lowest BCUT2D eigenvalue weighted by Gasteiger charge is -2.21. The molecule has 3 heteroatoms. The van der Waals surface area contributed by atoms with E-state index in [1.807, 2.05) is 0 Å². The van der Waals surface area contributed by atoms with Gasteiger partial charge >= 0.3 is 0 Å². The van der Waals surface area contributed by atoms with Gasteiger partial charge in [-0.2, -0.15) is 0 Å². The molecule has 3 nitrogen and oxygen atoms in total. The van der Waals surface area contributed by atoms with E-state index in [2.05, 4.69) is 143 Å².